The fraction of sp³-hybridized carbons (Fsp3) is 1.00. The van der Waals surface area contributed by atoms with Crippen LogP contribution in [0.25, 0.3) is 0 Å². The van der Waals surface area contributed by atoms with Crippen LogP contribution in [0, 0.1) is 5.41 Å². The van der Waals surface area contributed by atoms with E-state index in [2.05, 4.69) is 4.72 Å². The predicted molar refractivity (Wildman–Crippen MR) is 49.3 cm³/mol. The molecule has 3 N–H and O–H groups in total. The molecule has 1 fully saturated rings. The third-order valence-electron chi connectivity index (χ3n) is 2.44. The number of hydrogen-bond donors (Lipinski definition) is 2. The van der Waals surface area contributed by atoms with E-state index in [9.17, 15) is 8.42 Å². The summed E-state index contributed by atoms with van der Waals surface area (Å²) in [5, 5.41) is 4.83. The molecule has 0 saturated heterocycles. The fourth-order valence-electron chi connectivity index (χ4n) is 1.26. The van der Waals surface area contributed by atoms with Gasteiger partial charge in [0, 0.05) is 20.3 Å². The van der Waals surface area contributed by atoms with E-state index >= 15 is 0 Å². The molecule has 0 atom stereocenters. The zero-order chi connectivity index (χ0) is 9.95. The van der Waals surface area contributed by atoms with Gasteiger partial charge in [-0.2, -0.15) is 8.42 Å². The van der Waals surface area contributed by atoms with E-state index < -0.39 is 10.2 Å². The number of rotatable bonds is 6. The Balaban J connectivity index is 2.28. The zero-order valence-corrected chi connectivity index (χ0v) is 8.56. The van der Waals surface area contributed by atoms with Crippen LogP contribution in [0.5, 0.6) is 0 Å². The van der Waals surface area contributed by atoms with Crippen molar-refractivity contribution >= 4 is 10.2 Å². The molecular formula is C7H16N2O3S. The van der Waals surface area contributed by atoms with E-state index in [1.807, 2.05) is 0 Å². The van der Waals surface area contributed by atoms with Crippen molar-refractivity contribution in [2.75, 3.05) is 20.3 Å². The van der Waals surface area contributed by atoms with Crippen molar-refractivity contribution in [1.29, 1.82) is 0 Å². The Bertz CT molecular complexity index is 259. The standard InChI is InChI=1S/C7H16N2O3S/c1-12-5-4-7(2-3-7)6-9-13(8,10)11/h9H,2-6H2,1H3,(H2,8,10,11). The summed E-state index contributed by atoms with van der Waals surface area (Å²) in [5.74, 6) is 0. The maximum absolute atomic E-state index is 10.6. The van der Waals surface area contributed by atoms with Gasteiger partial charge in [0.1, 0.15) is 0 Å². The third kappa shape index (κ3) is 4.04. The summed E-state index contributed by atoms with van der Waals surface area (Å²) in [4.78, 5) is 0. The van der Waals surface area contributed by atoms with Crippen LogP contribution in [0.3, 0.4) is 0 Å². The van der Waals surface area contributed by atoms with Gasteiger partial charge in [-0.25, -0.2) is 9.86 Å². The van der Waals surface area contributed by atoms with Crippen LogP contribution in [0.15, 0.2) is 0 Å². The van der Waals surface area contributed by atoms with Crippen molar-refractivity contribution in [3.63, 3.8) is 0 Å². The van der Waals surface area contributed by atoms with Crippen molar-refractivity contribution in [2.45, 2.75) is 19.3 Å². The highest BCUT2D eigenvalue weighted by molar-refractivity contribution is 7.87. The number of hydrogen-bond acceptors (Lipinski definition) is 3. The topological polar surface area (TPSA) is 81.4 Å². The van der Waals surface area contributed by atoms with E-state index in [1.165, 1.54) is 0 Å². The molecule has 0 bridgehead atoms. The van der Waals surface area contributed by atoms with Gasteiger partial charge in [-0.1, -0.05) is 0 Å². The molecule has 0 heterocycles. The minimum atomic E-state index is -3.53. The minimum Gasteiger partial charge on any atom is -0.385 e. The Morgan fingerprint density at radius 2 is 2.15 bits per heavy atom. The number of nitrogens with two attached hydrogens (primary N) is 1. The maximum atomic E-state index is 10.6. The second-order valence-corrected chi connectivity index (χ2v) is 4.99. The molecule has 0 aliphatic heterocycles. The van der Waals surface area contributed by atoms with Crippen molar-refractivity contribution < 1.29 is 13.2 Å². The molecule has 1 saturated carbocycles. The molecule has 1 aliphatic carbocycles. The van der Waals surface area contributed by atoms with Gasteiger partial charge < -0.3 is 4.74 Å². The molecule has 0 aromatic rings. The summed E-state index contributed by atoms with van der Waals surface area (Å²) < 4.78 is 28.5. The summed E-state index contributed by atoms with van der Waals surface area (Å²) in [6.45, 7) is 1.11. The van der Waals surface area contributed by atoms with E-state index in [0.29, 0.717) is 13.2 Å². The lowest BCUT2D eigenvalue weighted by Crippen LogP contribution is -2.35. The first kappa shape index (κ1) is 10.9. The average molecular weight is 208 g/mol. The highest BCUT2D eigenvalue weighted by Crippen LogP contribution is 2.48. The first-order valence-corrected chi connectivity index (χ1v) is 5.78. The summed E-state index contributed by atoms with van der Waals surface area (Å²) in [5.41, 5.74) is 0.114. The molecule has 1 rings (SSSR count). The highest BCUT2D eigenvalue weighted by atomic mass is 32.2. The largest absolute Gasteiger partial charge is 0.385 e. The smallest absolute Gasteiger partial charge is 0.274 e. The molecule has 6 heteroatoms. The molecule has 0 unspecified atom stereocenters. The van der Waals surface area contributed by atoms with E-state index in [-0.39, 0.29) is 5.41 Å². The first-order valence-electron chi connectivity index (χ1n) is 4.24. The van der Waals surface area contributed by atoms with Crippen molar-refractivity contribution in [1.82, 2.24) is 4.72 Å². The van der Waals surface area contributed by atoms with Gasteiger partial charge in [-0.05, 0) is 24.7 Å². The summed E-state index contributed by atoms with van der Waals surface area (Å²) in [6.07, 6.45) is 3.00. The lowest BCUT2D eigenvalue weighted by atomic mass is 10.0. The molecule has 1 aliphatic rings. The first-order chi connectivity index (χ1) is 5.97. The molecule has 5 nitrogen and oxygen atoms in total. The van der Waals surface area contributed by atoms with Gasteiger partial charge in [0.15, 0.2) is 0 Å². The molecule has 0 spiro atoms. The molecular weight excluding hydrogens is 192 g/mol. The lowest BCUT2D eigenvalue weighted by Gasteiger charge is -2.13. The van der Waals surface area contributed by atoms with Gasteiger partial charge in [-0.15, -0.1) is 0 Å². The monoisotopic (exact) mass is 208 g/mol. The molecule has 78 valence electrons. The van der Waals surface area contributed by atoms with Crippen LogP contribution >= 0.6 is 0 Å². The van der Waals surface area contributed by atoms with Gasteiger partial charge >= 0.3 is 0 Å². The molecule has 0 amide bonds. The summed E-state index contributed by atoms with van der Waals surface area (Å²) >= 11 is 0. The Labute approximate surface area is 78.8 Å². The average Bonchev–Trinajstić information content (AvgIpc) is 2.77. The van der Waals surface area contributed by atoms with Gasteiger partial charge in [0.05, 0.1) is 0 Å². The minimum absolute atomic E-state index is 0.114. The molecule has 0 aromatic heterocycles. The van der Waals surface area contributed by atoms with E-state index in [1.54, 1.807) is 7.11 Å². The Morgan fingerprint density at radius 1 is 1.54 bits per heavy atom. The third-order valence-corrected chi connectivity index (χ3v) is 2.99. The molecule has 0 radical (unpaired) electrons. The van der Waals surface area contributed by atoms with Crippen LogP contribution in [0.4, 0.5) is 0 Å². The van der Waals surface area contributed by atoms with E-state index in [4.69, 9.17) is 9.88 Å². The number of ether oxygens (including phenoxy) is 1. The summed E-state index contributed by atoms with van der Waals surface area (Å²) in [7, 11) is -1.89. The number of nitrogens with one attached hydrogen (secondary N) is 1. The second kappa shape index (κ2) is 3.91. The van der Waals surface area contributed by atoms with Crippen LogP contribution in [-0.4, -0.2) is 28.7 Å². The zero-order valence-electron chi connectivity index (χ0n) is 7.75. The van der Waals surface area contributed by atoms with Gasteiger partial charge in [0.25, 0.3) is 10.2 Å². The van der Waals surface area contributed by atoms with Gasteiger partial charge in [0.2, 0.25) is 0 Å². The van der Waals surface area contributed by atoms with Crippen LogP contribution < -0.4 is 9.86 Å². The fourth-order valence-corrected chi connectivity index (χ4v) is 1.77. The highest BCUT2D eigenvalue weighted by Gasteiger charge is 2.42. The maximum Gasteiger partial charge on any atom is 0.274 e. The normalized spacial score (nSPS) is 20.2. The Kier molecular flexibility index (Phi) is 3.28. The number of methoxy groups -OCH3 is 1. The summed E-state index contributed by atoms with van der Waals surface area (Å²) in [6, 6.07) is 0. The predicted octanol–water partition coefficient (Wildman–Crippen LogP) is -0.404. The van der Waals surface area contributed by atoms with Crippen LogP contribution in [0.2, 0.25) is 0 Å². The quantitative estimate of drug-likeness (QED) is 0.623. The Hall–Kier alpha value is -0.170. The lowest BCUT2D eigenvalue weighted by molar-refractivity contribution is 0.173. The molecule has 0 aromatic carbocycles. The molecule has 13 heavy (non-hydrogen) atoms. The van der Waals surface area contributed by atoms with Crippen LogP contribution in [-0.2, 0) is 14.9 Å². The SMILES string of the molecule is COCCC1(CNS(N)(=O)=O)CC1. The second-order valence-electron chi connectivity index (χ2n) is 3.61. The van der Waals surface area contributed by atoms with Crippen molar-refractivity contribution in [2.24, 2.45) is 10.6 Å². The van der Waals surface area contributed by atoms with E-state index in [0.717, 1.165) is 19.3 Å². The van der Waals surface area contributed by atoms with Gasteiger partial charge in [-0.3, -0.25) is 0 Å². The van der Waals surface area contributed by atoms with Crippen molar-refractivity contribution in [3.05, 3.63) is 0 Å². The van der Waals surface area contributed by atoms with Crippen molar-refractivity contribution in [3.8, 4) is 0 Å². The Morgan fingerprint density at radius 3 is 2.54 bits per heavy atom. The van der Waals surface area contributed by atoms with Crippen LogP contribution in [0.1, 0.15) is 19.3 Å².